The Morgan fingerprint density at radius 1 is 0.966 bits per heavy atom. The first-order valence-electron chi connectivity index (χ1n) is 8.77. The van der Waals surface area contributed by atoms with Gasteiger partial charge < -0.3 is 15.8 Å². The fraction of sp³-hybridized carbons (Fsp3) is 0.0909. The number of ether oxygens (including phenoxy) is 1. The van der Waals surface area contributed by atoms with E-state index in [1.165, 1.54) is 0 Å². The van der Waals surface area contributed by atoms with Crippen molar-refractivity contribution < 1.29 is 14.3 Å². The Morgan fingerprint density at radius 3 is 2.52 bits per heavy atom. The number of amides is 2. The SMILES string of the molecule is NC(=O)c1ccccc1OCc1cccc(C(=O)NCc2ccc(Cl)cc2Cl)c1. The van der Waals surface area contributed by atoms with Crippen molar-refractivity contribution in [3.8, 4) is 5.75 Å². The van der Waals surface area contributed by atoms with Crippen LogP contribution in [0.1, 0.15) is 31.8 Å². The molecule has 0 aliphatic heterocycles. The Morgan fingerprint density at radius 2 is 1.76 bits per heavy atom. The van der Waals surface area contributed by atoms with Crippen LogP contribution in [0.5, 0.6) is 5.75 Å². The number of carbonyl (C=O) groups is 2. The van der Waals surface area contributed by atoms with Crippen molar-refractivity contribution in [3.63, 3.8) is 0 Å². The standard InChI is InChI=1S/C22H18Cl2N2O3/c23-17-9-8-16(19(24)11-17)12-26-22(28)15-5-3-4-14(10-15)13-29-20-7-2-1-6-18(20)21(25)27/h1-11H,12-13H2,(H2,25,27)(H,26,28). The van der Waals surface area contributed by atoms with Crippen LogP contribution in [0.3, 0.4) is 0 Å². The van der Waals surface area contributed by atoms with Gasteiger partial charge in [0.2, 0.25) is 0 Å². The van der Waals surface area contributed by atoms with Crippen molar-refractivity contribution in [2.75, 3.05) is 0 Å². The predicted molar refractivity (Wildman–Crippen MR) is 113 cm³/mol. The first kappa shape index (κ1) is 20.7. The summed E-state index contributed by atoms with van der Waals surface area (Å²) in [6.07, 6.45) is 0. The molecule has 148 valence electrons. The molecule has 0 heterocycles. The molecule has 3 rings (SSSR count). The largest absolute Gasteiger partial charge is 0.488 e. The first-order valence-corrected chi connectivity index (χ1v) is 9.52. The van der Waals surface area contributed by atoms with Crippen LogP contribution >= 0.6 is 23.2 Å². The molecule has 7 heteroatoms. The molecule has 0 spiro atoms. The quantitative estimate of drug-likeness (QED) is 0.576. The summed E-state index contributed by atoms with van der Waals surface area (Å²) in [5, 5.41) is 3.86. The van der Waals surface area contributed by atoms with Crippen LogP contribution < -0.4 is 15.8 Å². The summed E-state index contributed by atoms with van der Waals surface area (Å²) in [6, 6.07) is 18.9. The molecule has 3 aromatic carbocycles. The summed E-state index contributed by atoms with van der Waals surface area (Å²) in [5.74, 6) is -0.405. The summed E-state index contributed by atoms with van der Waals surface area (Å²) in [4.78, 5) is 24.0. The van der Waals surface area contributed by atoms with E-state index in [1.54, 1.807) is 60.7 Å². The van der Waals surface area contributed by atoms with Crippen LogP contribution in [0.15, 0.2) is 66.7 Å². The molecule has 0 aliphatic rings. The highest BCUT2D eigenvalue weighted by molar-refractivity contribution is 6.35. The third-order valence-electron chi connectivity index (χ3n) is 4.19. The highest BCUT2D eigenvalue weighted by atomic mass is 35.5. The van der Waals surface area contributed by atoms with E-state index in [2.05, 4.69) is 5.32 Å². The third kappa shape index (κ3) is 5.50. The molecule has 0 saturated heterocycles. The molecule has 0 bridgehead atoms. The van der Waals surface area contributed by atoms with Gasteiger partial charge in [0, 0.05) is 22.2 Å². The van der Waals surface area contributed by atoms with Gasteiger partial charge in [-0.2, -0.15) is 0 Å². The lowest BCUT2D eigenvalue weighted by atomic mass is 10.1. The van der Waals surface area contributed by atoms with Crippen molar-refractivity contribution in [2.24, 2.45) is 5.73 Å². The third-order valence-corrected chi connectivity index (χ3v) is 4.78. The number of primary amides is 1. The van der Waals surface area contributed by atoms with Crippen molar-refractivity contribution in [2.45, 2.75) is 13.2 Å². The number of carbonyl (C=O) groups excluding carboxylic acids is 2. The lowest BCUT2D eigenvalue weighted by molar-refractivity contribution is 0.0949. The van der Waals surface area contributed by atoms with Gasteiger partial charge in [0.25, 0.3) is 11.8 Å². The van der Waals surface area contributed by atoms with Crippen molar-refractivity contribution in [3.05, 3.63) is 99.0 Å². The number of halogens is 2. The predicted octanol–water partition coefficient (Wildman–Crippen LogP) is 4.60. The number of rotatable bonds is 7. The molecule has 0 saturated carbocycles. The molecule has 2 amide bonds. The minimum absolute atomic E-state index is 0.189. The van der Waals surface area contributed by atoms with Crippen LogP contribution in [-0.2, 0) is 13.2 Å². The fourth-order valence-electron chi connectivity index (χ4n) is 2.70. The number of para-hydroxylation sites is 1. The highest BCUT2D eigenvalue weighted by Crippen LogP contribution is 2.21. The van der Waals surface area contributed by atoms with E-state index in [1.807, 2.05) is 6.07 Å². The van der Waals surface area contributed by atoms with Crippen LogP contribution in [0.4, 0.5) is 0 Å². The second-order valence-corrected chi connectivity index (χ2v) is 7.11. The van der Waals surface area contributed by atoms with Gasteiger partial charge in [0.1, 0.15) is 12.4 Å². The van der Waals surface area contributed by atoms with E-state index in [-0.39, 0.29) is 19.1 Å². The summed E-state index contributed by atoms with van der Waals surface area (Å²) < 4.78 is 5.71. The van der Waals surface area contributed by atoms with Crippen molar-refractivity contribution in [1.29, 1.82) is 0 Å². The molecule has 0 aromatic heterocycles. The lowest BCUT2D eigenvalue weighted by Crippen LogP contribution is -2.23. The Labute approximate surface area is 178 Å². The van der Waals surface area contributed by atoms with E-state index in [0.29, 0.717) is 26.9 Å². The summed E-state index contributed by atoms with van der Waals surface area (Å²) in [5.41, 5.74) is 7.70. The Kier molecular flexibility index (Phi) is 6.75. The molecule has 3 N–H and O–H groups in total. The molecule has 0 atom stereocenters. The van der Waals surface area contributed by atoms with Gasteiger partial charge in [-0.25, -0.2) is 0 Å². The average Bonchev–Trinajstić information content (AvgIpc) is 2.71. The number of hydrogen-bond acceptors (Lipinski definition) is 3. The monoisotopic (exact) mass is 428 g/mol. The second kappa shape index (κ2) is 9.45. The van der Waals surface area contributed by atoms with Gasteiger partial charge >= 0.3 is 0 Å². The second-order valence-electron chi connectivity index (χ2n) is 6.27. The van der Waals surface area contributed by atoms with Gasteiger partial charge in [-0.05, 0) is 47.5 Å². The smallest absolute Gasteiger partial charge is 0.252 e. The molecular formula is C22H18Cl2N2O3. The lowest BCUT2D eigenvalue weighted by Gasteiger charge is -2.11. The van der Waals surface area contributed by atoms with Crippen molar-refractivity contribution in [1.82, 2.24) is 5.32 Å². The van der Waals surface area contributed by atoms with Gasteiger partial charge in [-0.1, -0.05) is 53.5 Å². The Hall–Kier alpha value is -3.02. The summed E-state index contributed by atoms with van der Waals surface area (Å²) in [6.45, 7) is 0.468. The minimum atomic E-state index is -0.561. The van der Waals surface area contributed by atoms with E-state index < -0.39 is 5.91 Å². The van der Waals surface area contributed by atoms with Gasteiger partial charge in [-0.3, -0.25) is 9.59 Å². The molecule has 0 aliphatic carbocycles. The number of hydrogen-bond donors (Lipinski definition) is 2. The van der Waals surface area contributed by atoms with Crippen molar-refractivity contribution >= 4 is 35.0 Å². The fourth-order valence-corrected chi connectivity index (χ4v) is 3.18. The molecule has 5 nitrogen and oxygen atoms in total. The zero-order chi connectivity index (χ0) is 20.8. The van der Waals surface area contributed by atoms with Crippen LogP contribution in [0, 0.1) is 0 Å². The number of nitrogens with two attached hydrogens (primary N) is 1. The van der Waals surface area contributed by atoms with E-state index in [9.17, 15) is 9.59 Å². The maximum atomic E-state index is 12.5. The van der Waals surface area contributed by atoms with Crippen LogP contribution in [-0.4, -0.2) is 11.8 Å². The maximum Gasteiger partial charge on any atom is 0.252 e. The molecule has 3 aromatic rings. The number of nitrogens with one attached hydrogen (secondary N) is 1. The van der Waals surface area contributed by atoms with E-state index in [4.69, 9.17) is 33.7 Å². The van der Waals surface area contributed by atoms with Gasteiger partial charge in [-0.15, -0.1) is 0 Å². The normalized spacial score (nSPS) is 10.4. The highest BCUT2D eigenvalue weighted by Gasteiger charge is 2.10. The zero-order valence-electron chi connectivity index (χ0n) is 15.3. The first-order chi connectivity index (χ1) is 13.9. The maximum absolute atomic E-state index is 12.5. The molecule has 29 heavy (non-hydrogen) atoms. The zero-order valence-corrected chi connectivity index (χ0v) is 16.8. The molecular weight excluding hydrogens is 411 g/mol. The van der Waals surface area contributed by atoms with Gasteiger partial charge in [0.05, 0.1) is 5.56 Å². The summed E-state index contributed by atoms with van der Waals surface area (Å²) >= 11 is 12.0. The van der Waals surface area contributed by atoms with Crippen LogP contribution in [0.25, 0.3) is 0 Å². The molecule has 0 unspecified atom stereocenters. The molecule has 0 fully saturated rings. The topological polar surface area (TPSA) is 81.4 Å². The minimum Gasteiger partial charge on any atom is -0.488 e. The summed E-state index contributed by atoms with van der Waals surface area (Å²) in [7, 11) is 0. The number of benzene rings is 3. The van der Waals surface area contributed by atoms with Crippen LogP contribution in [0.2, 0.25) is 10.0 Å². The Bertz CT molecular complexity index is 1050. The molecule has 0 radical (unpaired) electrons. The average molecular weight is 429 g/mol. The van der Waals surface area contributed by atoms with E-state index >= 15 is 0 Å². The Balaban J connectivity index is 1.64. The van der Waals surface area contributed by atoms with Gasteiger partial charge in [0.15, 0.2) is 0 Å². The van der Waals surface area contributed by atoms with E-state index in [0.717, 1.165) is 11.1 Å².